The first-order valence-electron chi connectivity index (χ1n) is 15.3. The summed E-state index contributed by atoms with van der Waals surface area (Å²) in [6.45, 7) is 7.18. The van der Waals surface area contributed by atoms with Gasteiger partial charge in [0.25, 0.3) is 5.91 Å². The lowest BCUT2D eigenvalue weighted by Crippen LogP contribution is -2.37. The number of rotatable bonds is 14. The van der Waals surface area contributed by atoms with Gasteiger partial charge >= 0.3 is 0 Å². The van der Waals surface area contributed by atoms with Gasteiger partial charge in [0.1, 0.15) is 28.0 Å². The third-order valence-corrected chi connectivity index (χ3v) is 9.72. The van der Waals surface area contributed by atoms with E-state index in [0.29, 0.717) is 22.3 Å². The number of nitrogens with zero attached hydrogens (tertiary/aromatic N) is 3. The van der Waals surface area contributed by atoms with Gasteiger partial charge in [0.2, 0.25) is 0 Å². The van der Waals surface area contributed by atoms with Crippen LogP contribution >= 0.6 is 23.5 Å². The van der Waals surface area contributed by atoms with Gasteiger partial charge in [-0.05, 0) is 119 Å². The molecule has 226 valence electrons. The Labute approximate surface area is 258 Å². The number of anilines is 2. The van der Waals surface area contributed by atoms with Gasteiger partial charge in [-0.3, -0.25) is 14.5 Å². The Balaban J connectivity index is 0.937. The maximum Gasteiger partial charge on any atom is 0.264 e. The molecule has 3 fully saturated rings. The van der Waals surface area contributed by atoms with E-state index >= 15 is 0 Å². The summed E-state index contributed by atoms with van der Waals surface area (Å²) in [5.41, 5.74) is 3.82. The largest absolute Gasteiger partial charge is 0.370 e. The molecule has 0 bridgehead atoms. The Morgan fingerprint density at radius 2 is 2.00 bits per heavy atom. The number of carbonyl (C=O) groups excluding carboxylic acids is 1. The second-order valence-electron chi connectivity index (χ2n) is 12.7. The van der Waals surface area contributed by atoms with Crippen molar-refractivity contribution in [2.24, 2.45) is 23.7 Å². The van der Waals surface area contributed by atoms with E-state index in [4.69, 9.17) is 16.3 Å². The lowest BCUT2D eigenvalue weighted by Gasteiger charge is -2.21. The Morgan fingerprint density at radius 1 is 1.19 bits per heavy atom. The normalized spacial score (nSPS) is 23.1. The van der Waals surface area contributed by atoms with Crippen LogP contribution in [-0.4, -0.2) is 47.3 Å². The van der Waals surface area contributed by atoms with Crippen LogP contribution in [0.3, 0.4) is 0 Å². The van der Waals surface area contributed by atoms with E-state index in [1.54, 1.807) is 17.1 Å². The van der Waals surface area contributed by atoms with E-state index in [2.05, 4.69) is 44.6 Å². The monoisotopic (exact) mass is 611 g/mol. The van der Waals surface area contributed by atoms with Crippen LogP contribution < -0.4 is 25.8 Å². The Kier molecular flexibility index (Phi) is 9.26. The van der Waals surface area contributed by atoms with Gasteiger partial charge in [0.05, 0.1) is 5.56 Å². The smallest absolute Gasteiger partial charge is 0.264 e. The molecule has 42 heavy (non-hydrogen) atoms. The minimum Gasteiger partial charge on any atom is -0.370 e. The van der Waals surface area contributed by atoms with E-state index < -0.39 is 0 Å². The molecule has 6 rings (SSSR count). The molecular weight excluding hydrogens is 570 g/mol. The predicted molar refractivity (Wildman–Crippen MR) is 168 cm³/mol. The van der Waals surface area contributed by atoms with Gasteiger partial charge < -0.3 is 15.4 Å². The molecule has 2 aliphatic heterocycles. The number of hydrogen-bond donors (Lipinski definition) is 4. The molecule has 2 unspecified atom stereocenters. The van der Waals surface area contributed by atoms with E-state index in [-0.39, 0.29) is 22.8 Å². The van der Waals surface area contributed by atoms with Crippen molar-refractivity contribution in [1.29, 1.82) is 0 Å². The van der Waals surface area contributed by atoms with E-state index in [1.807, 2.05) is 30.5 Å². The first kappa shape index (κ1) is 29.7. The quantitative estimate of drug-likeness (QED) is 0.157. The Hall–Kier alpha value is -2.37. The highest BCUT2D eigenvalue weighted by Gasteiger charge is 2.41. The number of halogens is 1. The van der Waals surface area contributed by atoms with Gasteiger partial charge in [-0.15, -0.1) is 0 Å². The molecule has 2 saturated carbocycles. The highest BCUT2D eigenvalue weighted by Crippen LogP contribution is 2.50. The van der Waals surface area contributed by atoms with E-state index in [0.717, 1.165) is 68.1 Å². The van der Waals surface area contributed by atoms with Crippen molar-refractivity contribution in [2.45, 2.75) is 75.6 Å². The van der Waals surface area contributed by atoms with Crippen molar-refractivity contribution in [3.8, 4) is 0 Å². The highest BCUT2D eigenvalue weighted by molar-refractivity contribution is 7.97. The molecule has 0 aromatic carbocycles. The van der Waals surface area contributed by atoms with Gasteiger partial charge in [0, 0.05) is 36.8 Å². The first-order valence-corrected chi connectivity index (χ1v) is 16.5. The van der Waals surface area contributed by atoms with Crippen molar-refractivity contribution >= 4 is 41.1 Å². The van der Waals surface area contributed by atoms with Crippen LogP contribution in [0.25, 0.3) is 0 Å². The van der Waals surface area contributed by atoms with E-state index in [1.165, 1.54) is 32.1 Å². The fourth-order valence-electron chi connectivity index (χ4n) is 6.21. The summed E-state index contributed by atoms with van der Waals surface area (Å²) in [6, 6.07) is 9.19. The Morgan fingerprint density at radius 3 is 2.71 bits per heavy atom. The summed E-state index contributed by atoms with van der Waals surface area (Å²) >= 11 is 7.60. The first-order chi connectivity index (χ1) is 20.3. The lowest BCUT2D eigenvalue weighted by molar-refractivity contribution is 0.0548. The van der Waals surface area contributed by atoms with Gasteiger partial charge in [-0.25, -0.2) is 9.97 Å². The van der Waals surface area contributed by atoms with Crippen LogP contribution in [-0.2, 0) is 4.74 Å². The molecule has 2 aliphatic carbocycles. The zero-order valence-electron chi connectivity index (χ0n) is 24.4. The second kappa shape index (κ2) is 13.1. The molecule has 2 aromatic heterocycles. The zero-order chi connectivity index (χ0) is 29.1. The number of nitrogens with one attached hydrogen (secondary N) is 4. The third kappa shape index (κ3) is 7.96. The highest BCUT2D eigenvalue weighted by atomic mass is 35.5. The average Bonchev–Trinajstić information content (AvgIpc) is 3.91. The number of hydrogen-bond acceptors (Lipinski definition) is 9. The molecule has 4 N–H and O–H groups in total. The molecule has 4 aliphatic rings. The zero-order valence-corrected chi connectivity index (χ0v) is 26.0. The van der Waals surface area contributed by atoms with Crippen molar-refractivity contribution in [1.82, 2.24) is 25.4 Å². The summed E-state index contributed by atoms with van der Waals surface area (Å²) < 4.78 is 8.93. The molecule has 2 atom stereocenters. The minimum atomic E-state index is -0.326. The van der Waals surface area contributed by atoms with Crippen molar-refractivity contribution < 1.29 is 9.53 Å². The number of hydrazine groups is 1. The maximum atomic E-state index is 12.9. The maximum absolute atomic E-state index is 12.9. The van der Waals surface area contributed by atoms with Crippen molar-refractivity contribution in [3.63, 3.8) is 0 Å². The molecule has 2 aromatic rings. The number of carbonyl (C=O) groups is 1. The number of pyridine rings is 2. The van der Waals surface area contributed by atoms with Crippen molar-refractivity contribution in [3.05, 3.63) is 53.3 Å². The minimum absolute atomic E-state index is 0.134. The molecule has 1 saturated heterocycles. The lowest BCUT2D eigenvalue weighted by atomic mass is 9.95. The van der Waals surface area contributed by atoms with Crippen LogP contribution in [0.15, 0.2) is 47.6 Å². The molecule has 4 heterocycles. The SMILES string of the molecule is CC1(C)CC(CCNc2cccc(SNC(=O)c3ccc(N4C=CC(OCCC(C5CC5)C5CC5)N4)nc3Cl)n2)CN1. The average molecular weight is 612 g/mol. The van der Waals surface area contributed by atoms with Crippen LogP contribution in [0.1, 0.15) is 69.2 Å². The molecule has 9 nitrogen and oxygen atoms in total. The summed E-state index contributed by atoms with van der Waals surface area (Å²) in [4.78, 5) is 22.0. The van der Waals surface area contributed by atoms with Crippen LogP contribution in [0.5, 0.6) is 0 Å². The summed E-state index contributed by atoms with van der Waals surface area (Å²) in [5.74, 6) is 4.45. The summed E-state index contributed by atoms with van der Waals surface area (Å²) in [7, 11) is 0. The topological polar surface area (TPSA) is 103 Å². The van der Waals surface area contributed by atoms with Crippen molar-refractivity contribution in [2.75, 3.05) is 30.0 Å². The predicted octanol–water partition coefficient (Wildman–Crippen LogP) is 5.76. The van der Waals surface area contributed by atoms with E-state index in [9.17, 15) is 4.79 Å². The van der Waals surface area contributed by atoms with Crippen LogP contribution in [0.2, 0.25) is 5.15 Å². The standard InChI is InChI=1S/C31H42ClN7O2S/c1-31(2)18-20(19-34-31)12-15-33-25-4-3-5-28(35-25)42-38-30(40)24-10-11-26(36-29(24)32)39-16-13-27(37-39)41-17-14-23(21-6-7-21)22-8-9-22/h3-5,10-11,13,16,20-23,27,34,37H,6-9,12,14-15,17-19H2,1-2H3,(H,33,35)(H,38,40). The number of aromatic nitrogens is 2. The summed E-state index contributed by atoms with van der Waals surface area (Å²) in [5, 5.41) is 9.58. The fourth-order valence-corrected chi connectivity index (χ4v) is 7.04. The summed E-state index contributed by atoms with van der Waals surface area (Å²) in [6.07, 6.45) is 12.7. The Bertz CT molecular complexity index is 1270. The molecule has 0 spiro atoms. The van der Waals surface area contributed by atoms with Gasteiger partial charge in [-0.1, -0.05) is 17.7 Å². The van der Waals surface area contributed by atoms with Gasteiger partial charge in [0.15, 0.2) is 0 Å². The molecular formula is C31H42ClN7O2S. The molecule has 1 amide bonds. The van der Waals surface area contributed by atoms with Crippen LogP contribution in [0, 0.1) is 23.7 Å². The van der Waals surface area contributed by atoms with Crippen LogP contribution in [0.4, 0.5) is 11.6 Å². The number of ether oxygens (including phenoxy) is 1. The molecule has 0 radical (unpaired) electrons. The number of amides is 1. The fraction of sp³-hybridized carbons (Fsp3) is 0.581. The second-order valence-corrected chi connectivity index (χ2v) is 13.9. The van der Waals surface area contributed by atoms with Gasteiger partial charge in [-0.2, -0.15) is 5.43 Å². The third-order valence-electron chi connectivity index (χ3n) is 8.70. The molecule has 11 heteroatoms.